The van der Waals surface area contributed by atoms with Gasteiger partial charge in [0.2, 0.25) is 5.91 Å². The van der Waals surface area contributed by atoms with Gasteiger partial charge < -0.3 is 14.8 Å². The summed E-state index contributed by atoms with van der Waals surface area (Å²) in [5.41, 5.74) is 0. The smallest absolute Gasteiger partial charge is 0.246 e. The maximum atomic E-state index is 10.8. The Morgan fingerprint density at radius 1 is 1.46 bits per heavy atom. The summed E-state index contributed by atoms with van der Waals surface area (Å²) in [6.07, 6.45) is 0. The fraction of sp³-hybridized carbons (Fsp3) is 0.889. The molecule has 1 N–H and O–H groups in total. The van der Waals surface area contributed by atoms with Crippen LogP contribution in [0.3, 0.4) is 0 Å². The van der Waals surface area contributed by atoms with E-state index in [-0.39, 0.29) is 12.5 Å². The molecule has 0 rings (SSSR count). The molecule has 0 aromatic rings. The van der Waals surface area contributed by atoms with Crippen molar-refractivity contribution in [1.82, 2.24) is 5.32 Å². The van der Waals surface area contributed by atoms with Crippen LogP contribution in [-0.4, -0.2) is 39.4 Å². The van der Waals surface area contributed by atoms with Crippen molar-refractivity contribution in [1.29, 1.82) is 0 Å². The van der Waals surface area contributed by atoms with Gasteiger partial charge in [0.25, 0.3) is 0 Å². The summed E-state index contributed by atoms with van der Waals surface area (Å²) in [6.45, 7) is 6.14. The minimum absolute atomic E-state index is 0.101. The zero-order chi connectivity index (χ0) is 10.1. The van der Waals surface area contributed by atoms with Gasteiger partial charge in [0.05, 0.1) is 6.61 Å². The number of methoxy groups -OCH3 is 1. The minimum atomic E-state index is -0.101. The van der Waals surface area contributed by atoms with Gasteiger partial charge >= 0.3 is 0 Å². The van der Waals surface area contributed by atoms with Gasteiger partial charge in [-0.05, 0) is 5.92 Å². The largest absolute Gasteiger partial charge is 0.379 e. The average molecular weight is 189 g/mol. The second-order valence-electron chi connectivity index (χ2n) is 3.25. The van der Waals surface area contributed by atoms with Gasteiger partial charge in [-0.2, -0.15) is 0 Å². The molecule has 0 saturated heterocycles. The molecule has 1 amide bonds. The van der Waals surface area contributed by atoms with Crippen LogP contribution in [0.25, 0.3) is 0 Å². The number of amides is 1. The lowest BCUT2D eigenvalue weighted by atomic mass is 10.2. The molecule has 0 unspecified atom stereocenters. The summed E-state index contributed by atoms with van der Waals surface area (Å²) in [6, 6.07) is 0. The third-order valence-corrected chi connectivity index (χ3v) is 1.30. The Balaban J connectivity index is 3.11. The fourth-order valence-corrected chi connectivity index (χ4v) is 0.764. The molecule has 0 aliphatic heterocycles. The molecule has 0 atom stereocenters. The van der Waals surface area contributed by atoms with E-state index in [9.17, 15) is 4.79 Å². The van der Waals surface area contributed by atoms with E-state index < -0.39 is 0 Å². The highest BCUT2D eigenvalue weighted by atomic mass is 16.5. The molecule has 0 aromatic carbocycles. The van der Waals surface area contributed by atoms with E-state index in [0.29, 0.717) is 19.1 Å². The molecule has 4 nitrogen and oxygen atoms in total. The predicted molar refractivity (Wildman–Crippen MR) is 50.5 cm³/mol. The number of rotatable bonds is 7. The molecular weight excluding hydrogens is 170 g/mol. The lowest BCUT2D eigenvalue weighted by molar-refractivity contribution is -0.124. The predicted octanol–water partition coefficient (Wildman–Crippen LogP) is 0.422. The number of ether oxygens (including phenoxy) is 2. The maximum absolute atomic E-state index is 10.8. The van der Waals surface area contributed by atoms with Gasteiger partial charge in [0.15, 0.2) is 0 Å². The third-order valence-electron chi connectivity index (χ3n) is 1.30. The summed E-state index contributed by atoms with van der Waals surface area (Å²) in [7, 11) is 1.49. The van der Waals surface area contributed by atoms with Gasteiger partial charge in [-0.1, -0.05) is 13.8 Å². The van der Waals surface area contributed by atoms with E-state index in [1.165, 1.54) is 7.11 Å². The first-order valence-electron chi connectivity index (χ1n) is 4.50. The van der Waals surface area contributed by atoms with Crippen LogP contribution < -0.4 is 5.32 Å². The molecular formula is C9H19NO3. The second-order valence-corrected chi connectivity index (χ2v) is 3.25. The summed E-state index contributed by atoms with van der Waals surface area (Å²) in [5, 5.41) is 2.67. The van der Waals surface area contributed by atoms with E-state index >= 15 is 0 Å². The molecule has 0 fully saturated rings. The van der Waals surface area contributed by atoms with Gasteiger partial charge in [-0.15, -0.1) is 0 Å². The number of nitrogens with one attached hydrogen (secondary N) is 1. The summed E-state index contributed by atoms with van der Waals surface area (Å²) >= 11 is 0. The zero-order valence-electron chi connectivity index (χ0n) is 8.63. The van der Waals surface area contributed by atoms with Crippen LogP contribution >= 0.6 is 0 Å². The molecule has 0 heterocycles. The normalized spacial score (nSPS) is 10.5. The van der Waals surface area contributed by atoms with Crippen molar-refractivity contribution in [3.63, 3.8) is 0 Å². The molecule has 0 spiro atoms. The zero-order valence-corrected chi connectivity index (χ0v) is 8.63. The van der Waals surface area contributed by atoms with Crippen molar-refractivity contribution >= 4 is 5.91 Å². The van der Waals surface area contributed by atoms with Crippen molar-refractivity contribution in [3.05, 3.63) is 0 Å². The fourth-order valence-electron chi connectivity index (χ4n) is 0.764. The molecule has 0 saturated carbocycles. The summed E-state index contributed by atoms with van der Waals surface area (Å²) in [5.74, 6) is 0.435. The molecule has 0 aliphatic carbocycles. The molecule has 78 valence electrons. The molecule has 4 heteroatoms. The molecule has 0 aromatic heterocycles. The topological polar surface area (TPSA) is 47.6 Å². The minimum Gasteiger partial charge on any atom is -0.379 e. The highest BCUT2D eigenvalue weighted by Gasteiger charge is 1.98. The Kier molecular flexibility index (Phi) is 7.63. The quantitative estimate of drug-likeness (QED) is 0.590. The van der Waals surface area contributed by atoms with E-state index in [4.69, 9.17) is 4.74 Å². The SMILES string of the molecule is COCC(=O)NCCOCC(C)C. The Morgan fingerprint density at radius 3 is 2.69 bits per heavy atom. The molecule has 0 aliphatic rings. The van der Waals surface area contributed by atoms with Crippen LogP contribution in [0.15, 0.2) is 0 Å². The van der Waals surface area contributed by atoms with Gasteiger partial charge in [0, 0.05) is 20.3 Å². The number of hydrogen-bond acceptors (Lipinski definition) is 3. The summed E-state index contributed by atoms with van der Waals surface area (Å²) in [4.78, 5) is 10.8. The Labute approximate surface area is 79.6 Å². The summed E-state index contributed by atoms with van der Waals surface area (Å²) < 4.78 is 9.91. The first-order chi connectivity index (χ1) is 6.16. The number of carbonyl (C=O) groups is 1. The lowest BCUT2D eigenvalue weighted by Crippen LogP contribution is -2.30. The Morgan fingerprint density at radius 2 is 2.15 bits per heavy atom. The van der Waals surface area contributed by atoms with Crippen molar-refractivity contribution in [2.24, 2.45) is 5.92 Å². The van der Waals surface area contributed by atoms with Gasteiger partial charge in [-0.3, -0.25) is 4.79 Å². The van der Waals surface area contributed by atoms with Crippen LogP contribution in [0.5, 0.6) is 0 Å². The molecule has 0 bridgehead atoms. The van der Waals surface area contributed by atoms with Crippen LogP contribution in [0.2, 0.25) is 0 Å². The van der Waals surface area contributed by atoms with Crippen LogP contribution in [0, 0.1) is 5.92 Å². The second kappa shape index (κ2) is 8.01. The third kappa shape index (κ3) is 9.30. The average Bonchev–Trinajstić information content (AvgIpc) is 2.03. The van der Waals surface area contributed by atoms with Crippen molar-refractivity contribution < 1.29 is 14.3 Å². The lowest BCUT2D eigenvalue weighted by Gasteiger charge is -2.07. The molecule has 0 radical (unpaired) electrons. The van der Waals surface area contributed by atoms with Gasteiger partial charge in [0.1, 0.15) is 6.61 Å². The van der Waals surface area contributed by atoms with Gasteiger partial charge in [-0.25, -0.2) is 0 Å². The maximum Gasteiger partial charge on any atom is 0.246 e. The van der Waals surface area contributed by atoms with Crippen molar-refractivity contribution in [3.8, 4) is 0 Å². The molecule has 13 heavy (non-hydrogen) atoms. The monoisotopic (exact) mass is 189 g/mol. The number of hydrogen-bond donors (Lipinski definition) is 1. The highest BCUT2D eigenvalue weighted by molar-refractivity contribution is 5.77. The van der Waals surface area contributed by atoms with E-state index in [0.717, 1.165) is 6.61 Å². The Bertz CT molecular complexity index is 137. The Hall–Kier alpha value is -0.610. The van der Waals surface area contributed by atoms with E-state index in [1.807, 2.05) is 0 Å². The van der Waals surface area contributed by atoms with E-state index in [2.05, 4.69) is 23.9 Å². The highest BCUT2D eigenvalue weighted by Crippen LogP contribution is 1.90. The van der Waals surface area contributed by atoms with Crippen molar-refractivity contribution in [2.75, 3.05) is 33.5 Å². The number of carbonyl (C=O) groups excluding carboxylic acids is 1. The van der Waals surface area contributed by atoms with Crippen LogP contribution in [0.4, 0.5) is 0 Å². The van der Waals surface area contributed by atoms with Crippen LogP contribution in [0.1, 0.15) is 13.8 Å². The van der Waals surface area contributed by atoms with Crippen LogP contribution in [-0.2, 0) is 14.3 Å². The first kappa shape index (κ1) is 12.4. The van der Waals surface area contributed by atoms with E-state index in [1.54, 1.807) is 0 Å². The first-order valence-corrected chi connectivity index (χ1v) is 4.50. The standard InChI is InChI=1S/C9H19NO3/c1-8(2)6-13-5-4-10-9(11)7-12-3/h8H,4-7H2,1-3H3,(H,10,11). The van der Waals surface area contributed by atoms with Crippen molar-refractivity contribution in [2.45, 2.75) is 13.8 Å².